The SMILES string of the molecule is CCC1COc2cccc(N3CCN(CC)CC3)c2O1. The van der Waals surface area contributed by atoms with E-state index >= 15 is 0 Å². The Morgan fingerprint density at radius 1 is 1.15 bits per heavy atom. The molecule has 1 unspecified atom stereocenters. The Balaban J connectivity index is 1.80. The highest BCUT2D eigenvalue weighted by Crippen LogP contribution is 2.41. The number of ether oxygens (including phenoxy) is 2. The van der Waals surface area contributed by atoms with Gasteiger partial charge in [0.1, 0.15) is 12.7 Å². The first-order chi connectivity index (χ1) is 9.81. The molecule has 2 aliphatic rings. The number of likely N-dealkylation sites (N-methyl/N-ethyl adjacent to an activating group) is 1. The molecular formula is C16H24N2O2. The maximum Gasteiger partial charge on any atom is 0.185 e. The van der Waals surface area contributed by atoms with E-state index in [1.165, 1.54) is 5.69 Å². The molecule has 0 bridgehead atoms. The number of hydrogen-bond acceptors (Lipinski definition) is 4. The Morgan fingerprint density at radius 2 is 1.95 bits per heavy atom. The van der Waals surface area contributed by atoms with Crippen LogP contribution in [0, 0.1) is 0 Å². The molecule has 2 aliphatic heterocycles. The van der Waals surface area contributed by atoms with Crippen molar-refractivity contribution in [1.29, 1.82) is 0 Å². The van der Waals surface area contributed by atoms with Crippen LogP contribution in [-0.2, 0) is 0 Å². The molecule has 3 rings (SSSR count). The summed E-state index contributed by atoms with van der Waals surface area (Å²) in [5, 5.41) is 0. The molecule has 0 saturated carbocycles. The van der Waals surface area contributed by atoms with Crippen LogP contribution in [-0.4, -0.2) is 50.3 Å². The minimum atomic E-state index is 0.181. The molecule has 4 heteroatoms. The molecule has 0 aliphatic carbocycles. The molecule has 2 heterocycles. The number of nitrogens with zero attached hydrogens (tertiary/aromatic N) is 2. The number of fused-ring (bicyclic) bond motifs is 1. The summed E-state index contributed by atoms with van der Waals surface area (Å²) in [7, 11) is 0. The maximum absolute atomic E-state index is 6.14. The number of anilines is 1. The van der Waals surface area contributed by atoms with Crippen LogP contribution >= 0.6 is 0 Å². The molecule has 110 valence electrons. The first-order valence-electron chi connectivity index (χ1n) is 7.71. The van der Waals surface area contributed by atoms with Crippen molar-refractivity contribution in [3.05, 3.63) is 18.2 Å². The summed E-state index contributed by atoms with van der Waals surface area (Å²) >= 11 is 0. The van der Waals surface area contributed by atoms with Crippen LogP contribution < -0.4 is 14.4 Å². The van der Waals surface area contributed by atoms with Gasteiger partial charge in [-0.1, -0.05) is 19.9 Å². The fourth-order valence-corrected chi connectivity index (χ4v) is 2.87. The lowest BCUT2D eigenvalue weighted by Crippen LogP contribution is -2.46. The van der Waals surface area contributed by atoms with Crippen LogP contribution in [0.5, 0.6) is 11.5 Å². The predicted molar refractivity (Wildman–Crippen MR) is 81.0 cm³/mol. The first-order valence-corrected chi connectivity index (χ1v) is 7.71. The molecule has 1 aromatic rings. The van der Waals surface area contributed by atoms with E-state index in [9.17, 15) is 0 Å². The van der Waals surface area contributed by atoms with E-state index < -0.39 is 0 Å². The van der Waals surface area contributed by atoms with Gasteiger partial charge in [-0.05, 0) is 25.1 Å². The number of para-hydroxylation sites is 1. The molecule has 4 nitrogen and oxygen atoms in total. The third-order valence-electron chi connectivity index (χ3n) is 4.28. The summed E-state index contributed by atoms with van der Waals surface area (Å²) in [5.74, 6) is 1.83. The van der Waals surface area contributed by atoms with Crippen LogP contribution in [0.25, 0.3) is 0 Å². The van der Waals surface area contributed by atoms with Crippen LogP contribution in [0.1, 0.15) is 20.3 Å². The van der Waals surface area contributed by atoms with Gasteiger partial charge in [0.25, 0.3) is 0 Å². The fourth-order valence-electron chi connectivity index (χ4n) is 2.87. The monoisotopic (exact) mass is 276 g/mol. The summed E-state index contributed by atoms with van der Waals surface area (Å²) in [6, 6.07) is 6.23. The van der Waals surface area contributed by atoms with Crippen LogP contribution in [0.4, 0.5) is 5.69 Å². The standard InChI is InChI=1S/C16H24N2O2/c1-3-13-12-19-15-7-5-6-14(16(15)20-13)18-10-8-17(4-2)9-11-18/h5-7,13H,3-4,8-12H2,1-2H3. The molecule has 1 fully saturated rings. The van der Waals surface area contributed by atoms with Gasteiger partial charge >= 0.3 is 0 Å². The predicted octanol–water partition coefficient (Wildman–Crippen LogP) is 2.38. The van der Waals surface area contributed by atoms with Gasteiger partial charge in [0.05, 0.1) is 5.69 Å². The summed E-state index contributed by atoms with van der Waals surface area (Å²) in [4.78, 5) is 4.91. The minimum Gasteiger partial charge on any atom is -0.486 e. The zero-order valence-electron chi connectivity index (χ0n) is 12.5. The van der Waals surface area contributed by atoms with Gasteiger partial charge < -0.3 is 19.3 Å². The Labute approximate surface area is 121 Å². The largest absolute Gasteiger partial charge is 0.486 e. The highest BCUT2D eigenvalue weighted by Gasteiger charge is 2.26. The zero-order valence-corrected chi connectivity index (χ0v) is 12.5. The van der Waals surface area contributed by atoms with Crippen molar-refractivity contribution >= 4 is 5.69 Å². The van der Waals surface area contributed by atoms with E-state index in [1.54, 1.807) is 0 Å². The third kappa shape index (κ3) is 2.57. The zero-order chi connectivity index (χ0) is 13.9. The van der Waals surface area contributed by atoms with Gasteiger partial charge in [0, 0.05) is 26.2 Å². The topological polar surface area (TPSA) is 24.9 Å². The van der Waals surface area contributed by atoms with Crippen molar-refractivity contribution in [1.82, 2.24) is 4.90 Å². The van der Waals surface area contributed by atoms with E-state index in [2.05, 4.69) is 35.8 Å². The van der Waals surface area contributed by atoms with Crippen molar-refractivity contribution in [2.24, 2.45) is 0 Å². The average molecular weight is 276 g/mol. The summed E-state index contributed by atoms with van der Waals surface area (Å²) in [5.41, 5.74) is 1.19. The molecule has 0 N–H and O–H groups in total. The number of hydrogen-bond donors (Lipinski definition) is 0. The quantitative estimate of drug-likeness (QED) is 0.846. The highest BCUT2D eigenvalue weighted by atomic mass is 16.6. The van der Waals surface area contributed by atoms with Crippen LogP contribution in [0.3, 0.4) is 0 Å². The Hall–Kier alpha value is -1.42. The second-order valence-corrected chi connectivity index (χ2v) is 5.48. The molecule has 0 aromatic heterocycles. The van der Waals surface area contributed by atoms with Crippen molar-refractivity contribution in [2.45, 2.75) is 26.4 Å². The lowest BCUT2D eigenvalue weighted by atomic mass is 10.2. The molecular weight excluding hydrogens is 252 g/mol. The van der Waals surface area contributed by atoms with Crippen molar-refractivity contribution in [3.8, 4) is 11.5 Å². The number of benzene rings is 1. The van der Waals surface area contributed by atoms with Gasteiger partial charge in [0.15, 0.2) is 11.5 Å². The van der Waals surface area contributed by atoms with Crippen molar-refractivity contribution < 1.29 is 9.47 Å². The smallest absolute Gasteiger partial charge is 0.185 e. The summed E-state index contributed by atoms with van der Waals surface area (Å²) < 4.78 is 12.0. The fraction of sp³-hybridized carbons (Fsp3) is 0.625. The molecule has 1 aromatic carbocycles. The van der Waals surface area contributed by atoms with Crippen LogP contribution in [0.2, 0.25) is 0 Å². The average Bonchev–Trinajstić information content (AvgIpc) is 2.54. The number of piperazine rings is 1. The van der Waals surface area contributed by atoms with Gasteiger partial charge in [-0.3, -0.25) is 0 Å². The lowest BCUT2D eigenvalue weighted by Gasteiger charge is -2.37. The van der Waals surface area contributed by atoms with Crippen molar-refractivity contribution in [2.75, 3.05) is 44.2 Å². The minimum absolute atomic E-state index is 0.181. The van der Waals surface area contributed by atoms with E-state index in [-0.39, 0.29) is 6.10 Å². The maximum atomic E-state index is 6.14. The molecule has 0 spiro atoms. The Bertz CT molecular complexity index is 456. The highest BCUT2D eigenvalue weighted by molar-refractivity contribution is 5.65. The molecule has 0 radical (unpaired) electrons. The Kier molecular flexibility index (Phi) is 4.01. The molecule has 0 amide bonds. The number of rotatable bonds is 3. The third-order valence-corrected chi connectivity index (χ3v) is 4.28. The second kappa shape index (κ2) is 5.92. The summed E-state index contributed by atoms with van der Waals surface area (Å²) in [6.45, 7) is 10.5. The van der Waals surface area contributed by atoms with E-state index in [0.29, 0.717) is 6.61 Å². The molecule has 1 atom stereocenters. The van der Waals surface area contributed by atoms with E-state index in [0.717, 1.165) is 50.6 Å². The van der Waals surface area contributed by atoms with E-state index in [4.69, 9.17) is 9.47 Å². The summed E-state index contributed by atoms with van der Waals surface area (Å²) in [6.07, 6.45) is 1.16. The van der Waals surface area contributed by atoms with Crippen LogP contribution in [0.15, 0.2) is 18.2 Å². The first kappa shape index (κ1) is 13.6. The van der Waals surface area contributed by atoms with Gasteiger partial charge in [-0.2, -0.15) is 0 Å². The normalized spacial score (nSPS) is 22.9. The van der Waals surface area contributed by atoms with E-state index in [1.807, 2.05) is 6.07 Å². The second-order valence-electron chi connectivity index (χ2n) is 5.48. The molecule has 20 heavy (non-hydrogen) atoms. The lowest BCUT2D eigenvalue weighted by molar-refractivity contribution is 0.0887. The van der Waals surface area contributed by atoms with Crippen molar-refractivity contribution in [3.63, 3.8) is 0 Å². The molecule has 1 saturated heterocycles. The van der Waals surface area contributed by atoms with Gasteiger partial charge in [-0.25, -0.2) is 0 Å². The van der Waals surface area contributed by atoms with Gasteiger partial charge in [-0.15, -0.1) is 0 Å². The Morgan fingerprint density at radius 3 is 2.65 bits per heavy atom. The van der Waals surface area contributed by atoms with Gasteiger partial charge in [0.2, 0.25) is 0 Å².